The Morgan fingerprint density at radius 2 is 1.75 bits per heavy atom. The molecule has 4 aromatic rings. The van der Waals surface area contributed by atoms with Gasteiger partial charge in [-0.3, -0.25) is 0 Å². The number of benzene rings is 2. The van der Waals surface area contributed by atoms with Crippen molar-refractivity contribution in [3.8, 4) is 22.9 Å². The molecule has 3 heterocycles. The molecule has 142 valence electrons. The Kier molecular flexibility index (Phi) is 3.87. The topological polar surface area (TPSA) is 61.5 Å². The van der Waals surface area contributed by atoms with Crippen molar-refractivity contribution >= 4 is 16.3 Å². The second-order valence-electron chi connectivity index (χ2n) is 7.85. The predicted octanol–water partition coefficient (Wildman–Crippen LogP) is 4.66. The summed E-state index contributed by atoms with van der Waals surface area (Å²) in [5, 5.41) is 14.2. The SMILES string of the molecule is CC(C)(C)c1ccc(-c2nnc3sc([C@H]4COc5ccccc5O4)nn23)cc1. The molecule has 0 radical (unpaired) electrons. The zero-order chi connectivity index (χ0) is 19.3. The molecule has 28 heavy (non-hydrogen) atoms. The molecule has 2 aromatic carbocycles. The quantitative estimate of drug-likeness (QED) is 0.496. The minimum atomic E-state index is -0.252. The van der Waals surface area contributed by atoms with E-state index in [-0.39, 0.29) is 11.5 Å². The molecule has 0 spiro atoms. The van der Waals surface area contributed by atoms with Crippen molar-refractivity contribution in [2.75, 3.05) is 6.61 Å². The molecule has 0 N–H and O–H groups in total. The van der Waals surface area contributed by atoms with Crippen LogP contribution in [0.15, 0.2) is 48.5 Å². The summed E-state index contributed by atoms with van der Waals surface area (Å²) in [6, 6.07) is 16.1. The molecule has 6 nitrogen and oxygen atoms in total. The number of aromatic nitrogens is 4. The van der Waals surface area contributed by atoms with Gasteiger partial charge in [0, 0.05) is 5.56 Å². The third kappa shape index (κ3) is 2.92. The van der Waals surface area contributed by atoms with E-state index in [0.29, 0.717) is 6.61 Å². The Hall–Kier alpha value is -2.93. The van der Waals surface area contributed by atoms with E-state index in [4.69, 9.17) is 14.6 Å². The Bertz CT molecular complexity index is 1140. The maximum atomic E-state index is 6.08. The van der Waals surface area contributed by atoms with E-state index >= 15 is 0 Å². The van der Waals surface area contributed by atoms with E-state index in [0.717, 1.165) is 32.9 Å². The first-order valence-corrected chi connectivity index (χ1v) is 10.0. The summed E-state index contributed by atoms with van der Waals surface area (Å²) < 4.78 is 13.7. The average molecular weight is 392 g/mol. The number of hydrogen-bond acceptors (Lipinski definition) is 6. The number of hydrogen-bond donors (Lipinski definition) is 0. The van der Waals surface area contributed by atoms with E-state index in [1.165, 1.54) is 16.9 Å². The molecule has 1 aliphatic heterocycles. The highest BCUT2D eigenvalue weighted by molar-refractivity contribution is 7.16. The summed E-state index contributed by atoms with van der Waals surface area (Å²) >= 11 is 1.47. The van der Waals surface area contributed by atoms with E-state index in [2.05, 4.69) is 55.2 Å². The Morgan fingerprint density at radius 3 is 2.50 bits per heavy atom. The van der Waals surface area contributed by atoms with Crippen LogP contribution in [0.2, 0.25) is 0 Å². The van der Waals surface area contributed by atoms with E-state index in [1.54, 1.807) is 4.52 Å². The van der Waals surface area contributed by atoms with Crippen molar-refractivity contribution in [1.29, 1.82) is 0 Å². The van der Waals surface area contributed by atoms with Gasteiger partial charge in [0.25, 0.3) is 0 Å². The van der Waals surface area contributed by atoms with Crippen LogP contribution in [-0.2, 0) is 5.41 Å². The zero-order valence-corrected chi connectivity index (χ0v) is 16.7. The maximum Gasteiger partial charge on any atom is 0.235 e. The molecular formula is C21H20N4O2S. The highest BCUT2D eigenvalue weighted by atomic mass is 32.1. The molecular weight excluding hydrogens is 372 g/mol. The summed E-state index contributed by atoms with van der Waals surface area (Å²) in [7, 11) is 0. The highest BCUT2D eigenvalue weighted by Crippen LogP contribution is 2.37. The minimum absolute atomic E-state index is 0.112. The molecule has 0 saturated carbocycles. The lowest BCUT2D eigenvalue weighted by atomic mass is 9.87. The van der Waals surface area contributed by atoms with Crippen molar-refractivity contribution in [2.24, 2.45) is 0 Å². The third-order valence-corrected chi connectivity index (χ3v) is 5.79. The van der Waals surface area contributed by atoms with Gasteiger partial charge in [-0.15, -0.1) is 10.2 Å². The fourth-order valence-electron chi connectivity index (χ4n) is 3.20. The van der Waals surface area contributed by atoms with Crippen LogP contribution in [0.5, 0.6) is 11.5 Å². The van der Waals surface area contributed by atoms with Crippen molar-refractivity contribution in [3.05, 3.63) is 59.1 Å². The molecule has 5 rings (SSSR count). The molecule has 0 amide bonds. The monoisotopic (exact) mass is 392 g/mol. The number of ether oxygens (including phenoxy) is 2. The molecule has 1 aliphatic rings. The third-order valence-electron chi connectivity index (χ3n) is 4.80. The lowest BCUT2D eigenvalue weighted by Gasteiger charge is -2.24. The fraction of sp³-hybridized carbons (Fsp3) is 0.286. The Morgan fingerprint density at radius 1 is 1.00 bits per heavy atom. The van der Waals surface area contributed by atoms with Gasteiger partial charge in [0.05, 0.1) is 0 Å². The first-order chi connectivity index (χ1) is 13.5. The second kappa shape index (κ2) is 6.31. The van der Waals surface area contributed by atoms with Gasteiger partial charge in [-0.2, -0.15) is 9.61 Å². The van der Waals surface area contributed by atoms with Gasteiger partial charge >= 0.3 is 0 Å². The van der Waals surface area contributed by atoms with Crippen molar-refractivity contribution in [2.45, 2.75) is 32.3 Å². The first kappa shape index (κ1) is 17.2. The van der Waals surface area contributed by atoms with E-state index < -0.39 is 0 Å². The van der Waals surface area contributed by atoms with Crippen LogP contribution >= 0.6 is 11.3 Å². The zero-order valence-electron chi connectivity index (χ0n) is 15.9. The minimum Gasteiger partial charge on any atom is -0.485 e. The molecule has 0 bridgehead atoms. The number of para-hydroxylation sites is 2. The molecule has 0 fully saturated rings. The van der Waals surface area contributed by atoms with Crippen molar-refractivity contribution < 1.29 is 9.47 Å². The second-order valence-corrected chi connectivity index (χ2v) is 8.84. The normalized spacial score (nSPS) is 16.5. The van der Waals surface area contributed by atoms with Gasteiger partial charge in [-0.25, -0.2) is 0 Å². The molecule has 1 atom stereocenters. The van der Waals surface area contributed by atoms with Crippen LogP contribution in [0.3, 0.4) is 0 Å². The first-order valence-electron chi connectivity index (χ1n) is 9.20. The summed E-state index contributed by atoms with van der Waals surface area (Å²) in [6.45, 7) is 7.04. The molecule has 0 unspecified atom stereocenters. The van der Waals surface area contributed by atoms with Crippen molar-refractivity contribution in [3.63, 3.8) is 0 Å². The van der Waals surface area contributed by atoms with Gasteiger partial charge < -0.3 is 9.47 Å². The molecule has 7 heteroatoms. The summed E-state index contributed by atoms with van der Waals surface area (Å²) in [4.78, 5) is 0.743. The van der Waals surface area contributed by atoms with Crippen LogP contribution < -0.4 is 9.47 Å². The molecule has 0 saturated heterocycles. The van der Waals surface area contributed by atoms with Crippen LogP contribution in [0.1, 0.15) is 37.4 Å². The molecule has 2 aromatic heterocycles. The maximum absolute atomic E-state index is 6.08. The summed E-state index contributed by atoms with van der Waals surface area (Å²) in [6.07, 6.45) is -0.252. The lowest BCUT2D eigenvalue weighted by molar-refractivity contribution is 0.0904. The number of rotatable bonds is 2. The Labute approximate surface area is 166 Å². The smallest absolute Gasteiger partial charge is 0.235 e. The number of nitrogens with zero attached hydrogens (tertiary/aromatic N) is 4. The van der Waals surface area contributed by atoms with Crippen LogP contribution in [-0.4, -0.2) is 26.4 Å². The van der Waals surface area contributed by atoms with Gasteiger partial charge in [-0.1, -0.05) is 68.5 Å². The van der Waals surface area contributed by atoms with Crippen molar-refractivity contribution in [1.82, 2.24) is 19.8 Å². The standard InChI is InChI=1S/C21H20N4O2S/c1-21(2,3)14-10-8-13(9-11-14)18-22-23-20-25(18)24-19(28-20)17-12-26-15-6-4-5-7-16(15)27-17/h4-11,17H,12H2,1-3H3/t17-/m1/s1. The van der Waals surface area contributed by atoms with Crippen LogP contribution in [0, 0.1) is 0 Å². The van der Waals surface area contributed by atoms with E-state index in [9.17, 15) is 0 Å². The van der Waals surface area contributed by atoms with Gasteiger partial charge in [0.2, 0.25) is 4.96 Å². The van der Waals surface area contributed by atoms with Gasteiger partial charge in [-0.05, 0) is 23.1 Å². The van der Waals surface area contributed by atoms with Gasteiger partial charge in [0.15, 0.2) is 28.4 Å². The average Bonchev–Trinajstić information content (AvgIpc) is 3.28. The van der Waals surface area contributed by atoms with Crippen LogP contribution in [0.25, 0.3) is 16.3 Å². The highest BCUT2D eigenvalue weighted by Gasteiger charge is 2.27. The van der Waals surface area contributed by atoms with Gasteiger partial charge in [0.1, 0.15) is 6.61 Å². The summed E-state index contributed by atoms with van der Waals surface area (Å²) in [5.74, 6) is 2.24. The Balaban J connectivity index is 1.46. The fourth-order valence-corrected chi connectivity index (χ4v) is 4.05. The predicted molar refractivity (Wildman–Crippen MR) is 108 cm³/mol. The largest absolute Gasteiger partial charge is 0.485 e. The number of fused-ring (bicyclic) bond motifs is 2. The summed E-state index contributed by atoms with van der Waals surface area (Å²) in [5.41, 5.74) is 2.38. The lowest BCUT2D eigenvalue weighted by Crippen LogP contribution is -2.21. The van der Waals surface area contributed by atoms with E-state index in [1.807, 2.05) is 24.3 Å². The molecule has 0 aliphatic carbocycles. The van der Waals surface area contributed by atoms with Crippen LogP contribution in [0.4, 0.5) is 0 Å².